The van der Waals surface area contributed by atoms with E-state index in [1.807, 2.05) is 30.3 Å². The fraction of sp³-hybridized carbons (Fsp3) is 0.516. The average Bonchev–Trinajstić information content (AvgIpc) is 3.79. The van der Waals surface area contributed by atoms with Crippen molar-refractivity contribution in [2.45, 2.75) is 142 Å². The Hall–Kier alpha value is -5.81. The van der Waals surface area contributed by atoms with Crippen LogP contribution in [0.15, 0.2) is 72.8 Å². The Bertz CT molecular complexity index is 2900. The van der Waals surface area contributed by atoms with Crippen LogP contribution in [-0.4, -0.2) is 97.0 Å². The number of hydrogen-bond donors (Lipinski definition) is 0. The van der Waals surface area contributed by atoms with E-state index in [-0.39, 0.29) is 25.2 Å². The summed E-state index contributed by atoms with van der Waals surface area (Å²) in [5, 5.41) is 2.61. The summed E-state index contributed by atoms with van der Waals surface area (Å²) in [4.78, 5) is 37.5. The number of nitrogens with zero attached hydrogens (tertiary/aromatic N) is 6. The largest absolute Gasteiger partial charge is 0.429 e. The molecule has 2 aliphatic carbocycles. The number of hydrogen-bond acceptors (Lipinski definition) is 8. The quantitative estimate of drug-likeness (QED) is 0.126. The summed E-state index contributed by atoms with van der Waals surface area (Å²) in [6.45, 7) is 15.2. The zero-order chi connectivity index (χ0) is 50.3. The Morgan fingerprint density at radius 2 is 0.959 bits per heavy atom. The maximum atomic E-state index is 14.8. The first kappa shape index (κ1) is 53.0. The van der Waals surface area contributed by atoms with E-state index in [0.29, 0.717) is 24.1 Å². The van der Waals surface area contributed by atoms with Crippen LogP contribution < -0.4 is 14.5 Å². The second-order valence-corrected chi connectivity index (χ2v) is 21.6. The van der Waals surface area contributed by atoms with E-state index in [1.54, 1.807) is 18.2 Å². The molecule has 10 nitrogen and oxygen atoms in total. The molecule has 6 aromatic rings. The van der Waals surface area contributed by atoms with Gasteiger partial charge < -0.3 is 33.5 Å². The van der Waals surface area contributed by atoms with Crippen LogP contribution in [0.25, 0.3) is 44.3 Å². The number of ether oxygens (including phenoxy) is 1. The van der Waals surface area contributed by atoms with Crippen LogP contribution in [0, 0.1) is 18.6 Å². The molecule has 0 atom stereocenters. The predicted octanol–water partition coefficient (Wildman–Crippen LogP) is 13.5. The van der Waals surface area contributed by atoms with Crippen LogP contribution in [0.5, 0.6) is 5.75 Å². The number of piperidine rings is 2. The molecule has 0 amide bonds. The monoisotopic (exact) mass is 1010 g/mol. The van der Waals surface area contributed by atoms with Crippen molar-refractivity contribution in [2.24, 2.45) is 0 Å². The van der Waals surface area contributed by atoms with Gasteiger partial charge in [0, 0.05) is 97.2 Å². The highest BCUT2D eigenvalue weighted by Gasteiger charge is 2.33. The van der Waals surface area contributed by atoms with Crippen molar-refractivity contribution in [3.8, 4) is 28.3 Å². The first-order valence-electron chi connectivity index (χ1n) is 27.8. The molecule has 2 saturated heterocycles. The standard InChI is InChI=1S/C30H36FN3O2.C30H38FN3.CO2.CH4/c31-23-9-12-27-26(19-23)30-29(22-7-3-1-4-8-22)25-11-10-24(36-21-35)20-28(25)34(30)18-17-33(27)16-15-32-13-5-2-6-14-32;1-22-10-12-25-28(20-22)34-19-18-33(17-16-32-14-6-3-7-15-32)27-13-11-24(31)21-26(27)30(34)29(25)23-8-4-2-5-9-23;2-1-3;/h9-12,19-22H,1-8,13-18H2;10-13,20-21,23H,2-9,14-19H2,1H3;;1H4. The van der Waals surface area contributed by atoms with Crippen molar-refractivity contribution >= 4 is 45.8 Å². The zero-order valence-corrected chi connectivity index (χ0v) is 43.0. The summed E-state index contributed by atoms with van der Waals surface area (Å²) in [5.41, 5.74) is 13.5. The highest BCUT2D eigenvalue weighted by molar-refractivity contribution is 5.97. The minimum absolute atomic E-state index is 0. The summed E-state index contributed by atoms with van der Waals surface area (Å²) in [7, 11) is 0. The number of benzene rings is 4. The van der Waals surface area contributed by atoms with Gasteiger partial charge in [-0.05, 0) is 168 Å². The molecule has 2 saturated carbocycles. The molecule has 12 heteroatoms. The summed E-state index contributed by atoms with van der Waals surface area (Å²) in [6, 6.07) is 23.8. The van der Waals surface area contributed by atoms with Gasteiger partial charge >= 0.3 is 6.15 Å². The molecule has 0 N–H and O–H groups in total. The van der Waals surface area contributed by atoms with Crippen LogP contribution in [0.2, 0.25) is 0 Å². The zero-order valence-electron chi connectivity index (χ0n) is 43.0. The predicted molar refractivity (Wildman–Crippen MR) is 294 cm³/mol. The topological polar surface area (TPSA) is 83.3 Å². The maximum absolute atomic E-state index is 14.8. The number of halogens is 2. The van der Waals surface area contributed by atoms with E-state index in [1.165, 1.54) is 173 Å². The number of carbonyl (C=O) groups is 1. The van der Waals surface area contributed by atoms with Crippen molar-refractivity contribution in [3.63, 3.8) is 0 Å². The summed E-state index contributed by atoms with van der Waals surface area (Å²) in [5.74, 6) is 1.28. The molecule has 12 rings (SSSR count). The Balaban J connectivity index is 0.000000171. The van der Waals surface area contributed by atoms with Crippen LogP contribution in [0.1, 0.15) is 139 Å². The van der Waals surface area contributed by atoms with Crippen molar-refractivity contribution in [1.29, 1.82) is 0 Å². The van der Waals surface area contributed by atoms with E-state index >= 15 is 0 Å². The molecule has 0 bridgehead atoms. The minimum Gasteiger partial charge on any atom is -0.429 e. The van der Waals surface area contributed by atoms with Crippen LogP contribution >= 0.6 is 0 Å². The van der Waals surface area contributed by atoms with E-state index in [9.17, 15) is 13.6 Å². The average molecular weight is 1010 g/mol. The first-order chi connectivity index (χ1) is 35.8. The first-order valence-corrected chi connectivity index (χ1v) is 27.8. The summed E-state index contributed by atoms with van der Waals surface area (Å²) in [6.07, 6.45) is 20.7. The number of anilines is 2. The van der Waals surface area contributed by atoms with E-state index < -0.39 is 0 Å². The number of carbonyl (C=O) groups excluding carboxylic acids is 3. The molecular weight excluding hydrogens is 931 g/mol. The Morgan fingerprint density at radius 1 is 0.527 bits per heavy atom. The lowest BCUT2D eigenvalue weighted by Gasteiger charge is -2.31. The number of aromatic nitrogens is 2. The fourth-order valence-corrected chi connectivity index (χ4v) is 13.6. The third-order valence-corrected chi connectivity index (χ3v) is 17.1. The molecule has 6 heterocycles. The molecule has 0 radical (unpaired) electrons. The molecule has 4 aliphatic heterocycles. The third-order valence-electron chi connectivity index (χ3n) is 17.1. The van der Waals surface area contributed by atoms with Crippen molar-refractivity contribution in [1.82, 2.24) is 18.9 Å². The Labute approximate surface area is 437 Å². The van der Waals surface area contributed by atoms with E-state index in [0.717, 1.165) is 80.4 Å². The van der Waals surface area contributed by atoms with Gasteiger partial charge in [0.1, 0.15) is 17.4 Å². The third kappa shape index (κ3) is 11.4. The van der Waals surface area contributed by atoms with Crippen LogP contribution in [0.4, 0.5) is 20.2 Å². The maximum Gasteiger partial charge on any atom is 0.373 e. The highest BCUT2D eigenvalue weighted by atomic mass is 19.1. The molecular formula is C62H78F2N6O4. The highest BCUT2D eigenvalue weighted by Crippen LogP contribution is 2.50. The minimum atomic E-state index is -0.192. The molecule has 0 unspecified atom stereocenters. The second-order valence-electron chi connectivity index (χ2n) is 21.6. The molecule has 0 spiro atoms. The van der Waals surface area contributed by atoms with E-state index in [2.05, 4.69) is 59.9 Å². The van der Waals surface area contributed by atoms with Gasteiger partial charge in [-0.2, -0.15) is 9.59 Å². The molecule has 6 aliphatic rings. The smallest absolute Gasteiger partial charge is 0.373 e. The fourth-order valence-electron chi connectivity index (χ4n) is 13.6. The van der Waals surface area contributed by atoms with Gasteiger partial charge in [0.2, 0.25) is 0 Å². The van der Waals surface area contributed by atoms with Crippen molar-refractivity contribution in [3.05, 3.63) is 101 Å². The molecule has 74 heavy (non-hydrogen) atoms. The second kappa shape index (κ2) is 24.7. The molecule has 4 fully saturated rings. The molecule has 4 aromatic carbocycles. The lowest BCUT2D eigenvalue weighted by Crippen LogP contribution is -2.38. The van der Waals surface area contributed by atoms with Gasteiger partial charge in [-0.1, -0.05) is 70.9 Å². The van der Waals surface area contributed by atoms with Gasteiger partial charge in [-0.15, -0.1) is 0 Å². The van der Waals surface area contributed by atoms with Gasteiger partial charge in [0.05, 0.1) is 16.9 Å². The van der Waals surface area contributed by atoms with Gasteiger partial charge in [-0.25, -0.2) is 8.78 Å². The Kier molecular flexibility index (Phi) is 17.7. The lowest BCUT2D eigenvalue weighted by molar-refractivity contribution is -0.191. The number of fused-ring (bicyclic) bond motifs is 10. The van der Waals surface area contributed by atoms with Gasteiger partial charge in [-0.3, -0.25) is 4.79 Å². The van der Waals surface area contributed by atoms with Gasteiger partial charge in [0.15, 0.2) is 0 Å². The Morgan fingerprint density at radius 3 is 1.42 bits per heavy atom. The van der Waals surface area contributed by atoms with Crippen molar-refractivity contribution < 1.29 is 27.9 Å². The number of rotatable bonds is 10. The summed E-state index contributed by atoms with van der Waals surface area (Å²) < 4.78 is 39.7. The number of aryl methyl sites for hydroxylation is 1. The van der Waals surface area contributed by atoms with Crippen LogP contribution in [0.3, 0.4) is 0 Å². The van der Waals surface area contributed by atoms with E-state index in [4.69, 9.17) is 14.3 Å². The SMILES string of the molecule is C.Cc1ccc2c(C3CCCCC3)c3n(c2c1)CCN(CCN1CCCCC1)c1ccc(F)cc1-3.O=C=O.O=COc1ccc2c(C3CCCCC3)c3n(c2c1)CCN(CCN1CCCCC1)c1ccc(F)cc1-3. The normalized spacial score (nSPS) is 18.5. The van der Waals surface area contributed by atoms with Crippen molar-refractivity contribution in [2.75, 3.05) is 75.2 Å². The lowest BCUT2D eigenvalue weighted by atomic mass is 9.81. The summed E-state index contributed by atoms with van der Waals surface area (Å²) >= 11 is 0. The number of likely N-dealkylation sites (tertiary alicyclic amines) is 2. The molecule has 394 valence electrons. The van der Waals surface area contributed by atoms with Crippen LogP contribution in [-0.2, 0) is 27.5 Å². The molecule has 2 aromatic heterocycles. The van der Waals surface area contributed by atoms with Gasteiger partial charge in [0.25, 0.3) is 6.47 Å².